The summed E-state index contributed by atoms with van der Waals surface area (Å²) in [5, 5.41) is 0.857. The van der Waals surface area contributed by atoms with Crippen LogP contribution in [-0.2, 0) is 10.0 Å². The number of sulfonamides is 1. The zero-order valence-electron chi connectivity index (χ0n) is 12.4. The lowest BCUT2D eigenvalue weighted by atomic mass is 10.0. The number of rotatable bonds is 2. The van der Waals surface area contributed by atoms with Gasteiger partial charge in [-0.15, -0.1) is 0 Å². The van der Waals surface area contributed by atoms with E-state index in [9.17, 15) is 8.42 Å². The lowest BCUT2D eigenvalue weighted by Crippen LogP contribution is -2.47. The molecule has 4 nitrogen and oxygen atoms in total. The Morgan fingerprint density at radius 3 is 2.48 bits per heavy atom. The van der Waals surface area contributed by atoms with Crippen molar-refractivity contribution in [3.8, 4) is 0 Å². The topological polar surface area (TPSA) is 50.3 Å². The predicted molar refractivity (Wildman–Crippen MR) is 83.5 cm³/mol. The third-order valence-electron chi connectivity index (χ3n) is 4.26. The molecule has 1 aromatic heterocycles. The summed E-state index contributed by atoms with van der Waals surface area (Å²) in [6.45, 7) is 3.98. The number of hydrogen-bond acceptors (Lipinski definition) is 3. The first kappa shape index (κ1) is 14.5. The van der Waals surface area contributed by atoms with Gasteiger partial charge in [-0.2, -0.15) is 4.31 Å². The first-order chi connectivity index (χ1) is 10.0. The summed E-state index contributed by atoms with van der Waals surface area (Å²) in [6.07, 6.45) is 4.57. The van der Waals surface area contributed by atoms with Gasteiger partial charge in [0.25, 0.3) is 0 Å². The van der Waals surface area contributed by atoms with Crippen LogP contribution in [0.25, 0.3) is 10.9 Å². The van der Waals surface area contributed by atoms with Gasteiger partial charge in [-0.1, -0.05) is 24.6 Å². The largest absolute Gasteiger partial charge is 0.255 e. The van der Waals surface area contributed by atoms with E-state index in [0.29, 0.717) is 10.4 Å². The zero-order valence-corrected chi connectivity index (χ0v) is 13.2. The van der Waals surface area contributed by atoms with Crippen molar-refractivity contribution >= 4 is 20.9 Å². The fraction of sp³-hybridized carbons (Fsp3) is 0.438. The number of benzene rings is 1. The second kappa shape index (κ2) is 5.39. The van der Waals surface area contributed by atoms with Gasteiger partial charge in [0.15, 0.2) is 0 Å². The second-order valence-electron chi connectivity index (χ2n) is 5.80. The van der Waals surface area contributed by atoms with Crippen molar-refractivity contribution in [1.82, 2.24) is 9.29 Å². The van der Waals surface area contributed by atoms with E-state index in [2.05, 4.69) is 4.98 Å². The van der Waals surface area contributed by atoms with Crippen LogP contribution in [0.15, 0.2) is 41.4 Å². The van der Waals surface area contributed by atoms with E-state index in [1.807, 2.05) is 32.0 Å². The van der Waals surface area contributed by atoms with Gasteiger partial charge in [-0.25, -0.2) is 8.42 Å². The maximum absolute atomic E-state index is 13.1. The summed E-state index contributed by atoms with van der Waals surface area (Å²) >= 11 is 0. The molecule has 1 fully saturated rings. The molecule has 21 heavy (non-hydrogen) atoms. The van der Waals surface area contributed by atoms with Crippen LogP contribution in [0.1, 0.15) is 33.1 Å². The van der Waals surface area contributed by atoms with Crippen molar-refractivity contribution in [2.75, 3.05) is 0 Å². The maximum atomic E-state index is 13.1. The Labute approximate surface area is 125 Å². The Morgan fingerprint density at radius 1 is 1.10 bits per heavy atom. The van der Waals surface area contributed by atoms with E-state index in [-0.39, 0.29) is 12.1 Å². The average Bonchev–Trinajstić information content (AvgIpc) is 2.46. The Morgan fingerprint density at radius 2 is 1.76 bits per heavy atom. The van der Waals surface area contributed by atoms with Gasteiger partial charge >= 0.3 is 0 Å². The van der Waals surface area contributed by atoms with Crippen LogP contribution in [0.3, 0.4) is 0 Å². The van der Waals surface area contributed by atoms with Gasteiger partial charge in [-0.05, 0) is 38.8 Å². The molecule has 2 atom stereocenters. The highest BCUT2D eigenvalue weighted by Crippen LogP contribution is 2.31. The monoisotopic (exact) mass is 304 g/mol. The Bertz CT molecular complexity index is 742. The van der Waals surface area contributed by atoms with Crippen molar-refractivity contribution in [3.05, 3.63) is 36.5 Å². The van der Waals surface area contributed by atoms with Crippen molar-refractivity contribution < 1.29 is 8.42 Å². The SMILES string of the molecule is C[C@H]1CCC[C@H](C)N1S(=O)(=O)c1cccc2cccnc12. The summed E-state index contributed by atoms with van der Waals surface area (Å²) in [5.74, 6) is 0. The highest BCUT2D eigenvalue weighted by atomic mass is 32.2. The van der Waals surface area contributed by atoms with Gasteiger partial charge < -0.3 is 0 Å². The molecule has 0 aliphatic carbocycles. The summed E-state index contributed by atoms with van der Waals surface area (Å²) < 4.78 is 27.9. The molecule has 1 saturated heterocycles. The molecule has 112 valence electrons. The summed E-state index contributed by atoms with van der Waals surface area (Å²) in [4.78, 5) is 4.61. The van der Waals surface area contributed by atoms with Crippen LogP contribution in [0.2, 0.25) is 0 Å². The molecule has 2 aromatic rings. The zero-order chi connectivity index (χ0) is 15.0. The molecule has 0 bridgehead atoms. The molecule has 1 aliphatic rings. The molecule has 0 saturated carbocycles. The van der Waals surface area contributed by atoms with Gasteiger partial charge in [0.05, 0.1) is 5.52 Å². The molecule has 0 spiro atoms. The maximum Gasteiger partial charge on any atom is 0.245 e. The number of pyridine rings is 1. The molecule has 0 radical (unpaired) electrons. The number of fused-ring (bicyclic) bond motifs is 1. The summed E-state index contributed by atoms with van der Waals surface area (Å²) in [5.41, 5.74) is 0.560. The lowest BCUT2D eigenvalue weighted by molar-refractivity contribution is 0.204. The van der Waals surface area contributed by atoms with E-state index >= 15 is 0 Å². The van der Waals surface area contributed by atoms with Crippen LogP contribution in [0.5, 0.6) is 0 Å². The van der Waals surface area contributed by atoms with Gasteiger partial charge in [0, 0.05) is 23.7 Å². The molecule has 0 N–H and O–H groups in total. The first-order valence-electron chi connectivity index (χ1n) is 7.39. The molecule has 1 aromatic carbocycles. The molecule has 0 amide bonds. The normalized spacial score (nSPS) is 24.3. The van der Waals surface area contributed by atoms with E-state index in [1.54, 1.807) is 22.6 Å². The molecule has 3 rings (SSSR count). The van der Waals surface area contributed by atoms with Crippen molar-refractivity contribution in [2.45, 2.75) is 50.1 Å². The fourth-order valence-corrected chi connectivity index (χ4v) is 5.32. The highest BCUT2D eigenvalue weighted by molar-refractivity contribution is 7.89. The summed E-state index contributed by atoms with van der Waals surface area (Å²) in [7, 11) is -3.52. The number of hydrogen-bond donors (Lipinski definition) is 0. The Hall–Kier alpha value is -1.46. The molecule has 0 unspecified atom stereocenters. The smallest absolute Gasteiger partial charge is 0.245 e. The quantitative estimate of drug-likeness (QED) is 0.856. The van der Waals surface area contributed by atoms with Crippen molar-refractivity contribution in [3.63, 3.8) is 0 Å². The number of para-hydroxylation sites is 1. The fourth-order valence-electron chi connectivity index (χ4n) is 3.27. The van der Waals surface area contributed by atoms with Crippen LogP contribution in [-0.4, -0.2) is 29.8 Å². The minimum atomic E-state index is -3.52. The third kappa shape index (κ3) is 2.45. The average molecular weight is 304 g/mol. The lowest BCUT2D eigenvalue weighted by Gasteiger charge is -2.37. The molecular weight excluding hydrogens is 284 g/mol. The number of piperidine rings is 1. The van der Waals surface area contributed by atoms with Crippen LogP contribution >= 0.6 is 0 Å². The van der Waals surface area contributed by atoms with Gasteiger partial charge in [-0.3, -0.25) is 4.98 Å². The van der Waals surface area contributed by atoms with Gasteiger partial charge in [0.2, 0.25) is 10.0 Å². The number of aromatic nitrogens is 1. The van der Waals surface area contributed by atoms with Crippen molar-refractivity contribution in [2.24, 2.45) is 0 Å². The molecule has 2 heterocycles. The van der Waals surface area contributed by atoms with Crippen molar-refractivity contribution in [1.29, 1.82) is 0 Å². The van der Waals surface area contributed by atoms with Crippen LogP contribution in [0, 0.1) is 0 Å². The van der Waals surface area contributed by atoms with Gasteiger partial charge in [0.1, 0.15) is 4.90 Å². The van der Waals surface area contributed by atoms with E-state index in [0.717, 1.165) is 24.6 Å². The third-order valence-corrected chi connectivity index (χ3v) is 6.42. The molecule has 1 aliphatic heterocycles. The molecular formula is C16H20N2O2S. The summed E-state index contributed by atoms with van der Waals surface area (Å²) in [6, 6.07) is 9.14. The number of nitrogens with zero attached hydrogens (tertiary/aromatic N) is 2. The minimum Gasteiger partial charge on any atom is -0.255 e. The second-order valence-corrected chi connectivity index (χ2v) is 7.61. The predicted octanol–water partition coefficient (Wildman–Crippen LogP) is 3.19. The van der Waals surface area contributed by atoms with Crippen LogP contribution in [0.4, 0.5) is 0 Å². The van der Waals surface area contributed by atoms with E-state index < -0.39 is 10.0 Å². The Kier molecular flexibility index (Phi) is 3.71. The first-order valence-corrected chi connectivity index (χ1v) is 8.83. The highest BCUT2D eigenvalue weighted by Gasteiger charge is 2.36. The minimum absolute atomic E-state index is 0.0396. The van der Waals surface area contributed by atoms with Crippen LogP contribution < -0.4 is 0 Å². The Balaban J connectivity index is 2.16. The molecule has 5 heteroatoms. The van der Waals surface area contributed by atoms with E-state index in [1.165, 1.54) is 0 Å². The standard InChI is InChI=1S/C16H20N2O2S/c1-12-6-3-7-13(2)18(12)21(19,20)15-10-4-8-14-9-5-11-17-16(14)15/h4-5,8-13H,3,6-7H2,1-2H3/t12-,13-/m0/s1. The van der Waals surface area contributed by atoms with E-state index in [4.69, 9.17) is 0 Å².